The Morgan fingerprint density at radius 2 is 1.97 bits per heavy atom. The molecule has 0 N–H and O–H groups in total. The van der Waals surface area contributed by atoms with Gasteiger partial charge in [-0.25, -0.2) is 0 Å². The summed E-state index contributed by atoms with van der Waals surface area (Å²) in [7, 11) is 0. The molecule has 4 nitrogen and oxygen atoms in total. The third-order valence-electron chi connectivity index (χ3n) is 7.21. The molecule has 3 saturated heterocycles. The topological polar surface area (TPSA) is 42.4 Å². The number of hydrogen-bond donors (Lipinski definition) is 0. The van der Waals surface area contributed by atoms with Crippen LogP contribution in [0.4, 0.5) is 0 Å². The average molecular weight is 427 g/mol. The van der Waals surface area contributed by atoms with Crippen molar-refractivity contribution in [1.29, 1.82) is 0 Å². The lowest BCUT2D eigenvalue weighted by Crippen LogP contribution is -2.55. The van der Waals surface area contributed by atoms with Crippen LogP contribution in [0.3, 0.4) is 0 Å². The molecule has 3 aliphatic rings. The van der Waals surface area contributed by atoms with Crippen LogP contribution in [-0.2, 0) is 16.0 Å². The van der Waals surface area contributed by atoms with Crippen LogP contribution >= 0.6 is 0 Å². The van der Waals surface area contributed by atoms with Crippen molar-refractivity contribution in [2.75, 3.05) is 13.1 Å². The van der Waals surface area contributed by atoms with Crippen molar-refractivity contribution in [2.24, 2.45) is 11.8 Å². The molecule has 0 saturated carbocycles. The maximum Gasteiger partial charge on any atom is 0.306 e. The van der Waals surface area contributed by atoms with Crippen LogP contribution in [0.5, 0.6) is 0 Å². The molecule has 5 atom stereocenters. The van der Waals surface area contributed by atoms with E-state index < -0.39 is 0 Å². The first-order valence-electron chi connectivity index (χ1n) is 11.7. The summed E-state index contributed by atoms with van der Waals surface area (Å²) in [6, 6.07) is 20.5. The van der Waals surface area contributed by atoms with Gasteiger partial charge in [0.2, 0.25) is 0 Å². The molecule has 4 heteroatoms. The van der Waals surface area contributed by atoms with Gasteiger partial charge in [-0.05, 0) is 55.3 Å². The van der Waals surface area contributed by atoms with Crippen molar-refractivity contribution in [3.8, 4) is 0 Å². The van der Waals surface area contributed by atoms with Crippen molar-refractivity contribution < 1.29 is 9.53 Å². The van der Waals surface area contributed by atoms with Gasteiger partial charge in [0.25, 0.3) is 0 Å². The van der Waals surface area contributed by atoms with E-state index in [1.54, 1.807) is 0 Å². The quantitative estimate of drug-likeness (QED) is 0.377. The molecule has 32 heavy (non-hydrogen) atoms. The fraction of sp³-hybridized carbons (Fsp3) is 0.357. The second kappa shape index (κ2) is 9.25. The third kappa shape index (κ3) is 4.20. The molecule has 5 unspecified atom stereocenters. The second-order valence-corrected chi connectivity index (χ2v) is 9.06. The predicted octanol–water partition coefficient (Wildman–Crippen LogP) is 5.35. The van der Waals surface area contributed by atoms with Crippen LogP contribution < -0.4 is 0 Å². The molecular formula is C28H30N2O2. The molecule has 6 rings (SSSR count). The molecule has 3 aliphatic heterocycles. The molecule has 3 fully saturated rings. The number of fused-ring (bicyclic) bond motifs is 4. The van der Waals surface area contributed by atoms with Crippen molar-refractivity contribution in [3.63, 3.8) is 0 Å². The van der Waals surface area contributed by atoms with E-state index in [0.717, 1.165) is 41.5 Å². The number of piperidine rings is 3. The molecule has 1 aromatic heterocycles. The second-order valence-electron chi connectivity index (χ2n) is 9.06. The van der Waals surface area contributed by atoms with Crippen molar-refractivity contribution >= 4 is 16.9 Å². The third-order valence-corrected chi connectivity index (χ3v) is 7.21. The Bertz CT molecular complexity index is 1090. The zero-order valence-corrected chi connectivity index (χ0v) is 18.4. The van der Waals surface area contributed by atoms with Gasteiger partial charge in [-0.3, -0.25) is 14.7 Å². The maximum atomic E-state index is 13.0. The number of para-hydroxylation sites is 1. The van der Waals surface area contributed by atoms with E-state index in [2.05, 4.69) is 40.7 Å². The van der Waals surface area contributed by atoms with Crippen molar-refractivity contribution in [1.82, 2.24) is 9.88 Å². The summed E-state index contributed by atoms with van der Waals surface area (Å²) in [5.41, 5.74) is 3.16. The molecule has 0 amide bonds. The van der Waals surface area contributed by atoms with Crippen LogP contribution in [0.1, 0.15) is 36.5 Å². The van der Waals surface area contributed by atoms with Gasteiger partial charge in [0.15, 0.2) is 0 Å². The number of aryl methyl sites for hydroxylation is 1. The molecule has 2 bridgehead atoms. The summed E-state index contributed by atoms with van der Waals surface area (Å²) in [6.45, 7) is 6.11. The number of esters is 1. The molecule has 0 aliphatic carbocycles. The predicted molar refractivity (Wildman–Crippen MR) is 127 cm³/mol. The van der Waals surface area contributed by atoms with Gasteiger partial charge in [-0.1, -0.05) is 54.6 Å². The number of nitrogens with zero attached hydrogens (tertiary/aromatic N) is 2. The number of pyridine rings is 1. The van der Waals surface area contributed by atoms with Gasteiger partial charge in [0, 0.05) is 30.1 Å². The highest BCUT2D eigenvalue weighted by Crippen LogP contribution is 2.43. The molecular weight excluding hydrogens is 396 g/mol. The summed E-state index contributed by atoms with van der Waals surface area (Å²) >= 11 is 0. The lowest BCUT2D eigenvalue weighted by atomic mass is 9.73. The number of carbonyl (C=O) groups is 1. The Labute approximate surface area is 189 Å². The van der Waals surface area contributed by atoms with Crippen LogP contribution in [0, 0.1) is 11.8 Å². The van der Waals surface area contributed by atoms with Crippen LogP contribution in [0.15, 0.2) is 79.5 Å². The fourth-order valence-electron chi connectivity index (χ4n) is 5.50. The first-order valence-corrected chi connectivity index (χ1v) is 11.7. The zero-order chi connectivity index (χ0) is 21.9. The van der Waals surface area contributed by atoms with Gasteiger partial charge in [-0.2, -0.15) is 0 Å². The number of rotatable bonds is 7. The molecule has 0 radical (unpaired) electrons. The minimum Gasteiger partial charge on any atom is -0.456 e. The smallest absolute Gasteiger partial charge is 0.306 e. The normalized spacial score (nSPS) is 25.4. The van der Waals surface area contributed by atoms with E-state index in [4.69, 9.17) is 4.74 Å². The van der Waals surface area contributed by atoms with E-state index in [0.29, 0.717) is 24.7 Å². The lowest BCUT2D eigenvalue weighted by Gasteiger charge is -2.51. The number of carbonyl (C=O) groups excluding carboxylic acids is 1. The molecule has 3 aromatic rings. The Balaban J connectivity index is 1.43. The Morgan fingerprint density at radius 1 is 1.16 bits per heavy atom. The highest BCUT2D eigenvalue weighted by atomic mass is 16.5. The Hall–Kier alpha value is -2.98. The maximum absolute atomic E-state index is 13.0. The number of aromatic nitrogens is 1. The fourth-order valence-corrected chi connectivity index (χ4v) is 5.50. The largest absolute Gasteiger partial charge is 0.456 e. The van der Waals surface area contributed by atoms with Crippen LogP contribution in [-0.4, -0.2) is 35.0 Å². The molecule has 0 spiro atoms. The van der Waals surface area contributed by atoms with Gasteiger partial charge in [0.1, 0.15) is 6.10 Å². The number of benzene rings is 2. The van der Waals surface area contributed by atoms with E-state index in [-0.39, 0.29) is 18.1 Å². The zero-order valence-electron chi connectivity index (χ0n) is 18.4. The Morgan fingerprint density at radius 3 is 2.75 bits per heavy atom. The lowest BCUT2D eigenvalue weighted by molar-refractivity contribution is -0.157. The number of hydrogen-bond acceptors (Lipinski definition) is 4. The summed E-state index contributed by atoms with van der Waals surface area (Å²) in [4.78, 5) is 20.1. The molecule has 2 aromatic carbocycles. The summed E-state index contributed by atoms with van der Waals surface area (Å²) in [6.07, 6.45) is 6.96. The van der Waals surface area contributed by atoms with Gasteiger partial charge >= 0.3 is 5.97 Å². The van der Waals surface area contributed by atoms with Crippen molar-refractivity contribution in [3.05, 3.63) is 90.6 Å². The van der Waals surface area contributed by atoms with Crippen LogP contribution in [0.25, 0.3) is 10.9 Å². The summed E-state index contributed by atoms with van der Waals surface area (Å²) in [5, 5.41) is 1.07. The average Bonchev–Trinajstić information content (AvgIpc) is 2.86. The van der Waals surface area contributed by atoms with E-state index >= 15 is 0 Å². The first-order chi connectivity index (χ1) is 15.7. The SMILES string of the molecule is C=CC1CN2CCC1CC2C(OC(=O)CCc1ccccc1)c1ccnc2ccccc12. The number of ether oxygens (including phenoxy) is 1. The first kappa shape index (κ1) is 20.9. The highest BCUT2D eigenvalue weighted by molar-refractivity contribution is 5.82. The highest BCUT2D eigenvalue weighted by Gasteiger charge is 2.44. The minimum absolute atomic E-state index is 0.136. The van der Waals surface area contributed by atoms with Gasteiger partial charge in [-0.15, -0.1) is 6.58 Å². The van der Waals surface area contributed by atoms with E-state index in [1.165, 1.54) is 6.42 Å². The van der Waals surface area contributed by atoms with Gasteiger partial charge < -0.3 is 4.74 Å². The molecule has 164 valence electrons. The Kier molecular flexibility index (Phi) is 6.04. The monoisotopic (exact) mass is 426 g/mol. The van der Waals surface area contributed by atoms with Crippen molar-refractivity contribution in [2.45, 2.75) is 37.8 Å². The summed E-state index contributed by atoms with van der Waals surface area (Å²) < 4.78 is 6.29. The van der Waals surface area contributed by atoms with Gasteiger partial charge in [0.05, 0.1) is 11.6 Å². The van der Waals surface area contributed by atoms with E-state index in [1.807, 2.05) is 48.7 Å². The summed E-state index contributed by atoms with van der Waals surface area (Å²) in [5.74, 6) is 1.01. The van der Waals surface area contributed by atoms with E-state index in [9.17, 15) is 4.79 Å². The molecule has 4 heterocycles. The standard InChI is InChI=1S/C28H30N2O2/c1-2-21-19-30-17-15-22(21)18-26(30)28(24-14-16-29-25-11-7-6-10-23(24)25)32-27(31)13-12-20-8-4-3-5-9-20/h2-11,14,16,21-22,26,28H,1,12-13,15,17-19H2. The minimum atomic E-state index is -0.292. The van der Waals surface area contributed by atoms with Crippen LogP contribution in [0.2, 0.25) is 0 Å².